The fourth-order valence-corrected chi connectivity index (χ4v) is 6.62. The molecule has 1 saturated carbocycles. The number of rotatable bonds is 5. The molecule has 4 aliphatic rings. The first-order valence-corrected chi connectivity index (χ1v) is 14.0. The molecule has 8 heteroatoms. The van der Waals surface area contributed by atoms with Gasteiger partial charge in [0.05, 0.1) is 17.8 Å². The third-order valence-electron chi connectivity index (χ3n) is 8.87. The molecule has 196 valence electrons. The molecular formula is C30H36N8. The molecule has 3 aromatic rings. The quantitative estimate of drug-likeness (QED) is 0.570. The number of nitrogen functional groups attached to an aromatic ring is 1. The van der Waals surface area contributed by atoms with Crippen LogP contribution in [0.3, 0.4) is 0 Å². The molecule has 2 unspecified atom stereocenters. The number of allylic oxidation sites excluding steroid dienone is 2. The second-order valence-corrected chi connectivity index (χ2v) is 11.1. The van der Waals surface area contributed by atoms with Crippen molar-refractivity contribution in [1.82, 2.24) is 29.1 Å². The van der Waals surface area contributed by atoms with E-state index in [4.69, 9.17) is 15.7 Å². The van der Waals surface area contributed by atoms with Gasteiger partial charge >= 0.3 is 0 Å². The van der Waals surface area contributed by atoms with Gasteiger partial charge in [0.15, 0.2) is 0 Å². The monoisotopic (exact) mass is 508 g/mol. The molecule has 2 N–H and O–H groups in total. The van der Waals surface area contributed by atoms with Crippen molar-refractivity contribution in [3.63, 3.8) is 0 Å². The predicted molar refractivity (Wildman–Crippen MR) is 152 cm³/mol. The first kappa shape index (κ1) is 23.6. The van der Waals surface area contributed by atoms with Gasteiger partial charge in [0.1, 0.15) is 23.0 Å². The number of aliphatic imine (C=N–C) groups is 1. The summed E-state index contributed by atoms with van der Waals surface area (Å²) in [6, 6.07) is 11.4. The van der Waals surface area contributed by atoms with E-state index >= 15 is 0 Å². The summed E-state index contributed by atoms with van der Waals surface area (Å²) in [6.45, 7) is 7.76. The van der Waals surface area contributed by atoms with Crippen molar-refractivity contribution in [2.75, 3.05) is 45.5 Å². The highest BCUT2D eigenvalue weighted by Crippen LogP contribution is 2.42. The fourth-order valence-electron chi connectivity index (χ4n) is 6.62. The molecule has 1 saturated heterocycles. The summed E-state index contributed by atoms with van der Waals surface area (Å²) < 4.78 is 2.19. The standard InChI is InChI=1S/C30H36N8/c1-3-37-25-10-9-21(19-24(25)33-29(37)20-7-5-4-6-8-20)26-27-28(31)32-11-12-38(27)30(34-26)22-17-23(18-22)36-15-13-35(2)14-16-36/h4-12,19,22-25H,3,13-18H2,1-2H3,(H2,31,32)/t22-,23+,24?,25?. The van der Waals surface area contributed by atoms with Gasteiger partial charge in [-0.3, -0.25) is 14.3 Å². The lowest BCUT2D eigenvalue weighted by Gasteiger charge is -2.45. The van der Waals surface area contributed by atoms with Crippen molar-refractivity contribution in [2.24, 2.45) is 4.99 Å². The van der Waals surface area contributed by atoms with Crippen molar-refractivity contribution >= 4 is 22.7 Å². The van der Waals surface area contributed by atoms with E-state index in [1.165, 1.54) is 13.1 Å². The first-order chi connectivity index (χ1) is 18.6. The van der Waals surface area contributed by atoms with Gasteiger partial charge in [-0.15, -0.1) is 0 Å². The Balaban J connectivity index is 1.20. The number of anilines is 1. The molecule has 2 aliphatic carbocycles. The molecule has 0 amide bonds. The summed E-state index contributed by atoms with van der Waals surface area (Å²) in [5.41, 5.74) is 10.6. The number of hydrogen-bond acceptors (Lipinski definition) is 7. The molecule has 2 atom stereocenters. The van der Waals surface area contributed by atoms with E-state index in [0.717, 1.165) is 66.5 Å². The van der Waals surface area contributed by atoms with Crippen molar-refractivity contribution in [3.8, 4) is 0 Å². The highest BCUT2D eigenvalue weighted by atomic mass is 15.3. The van der Waals surface area contributed by atoms with Gasteiger partial charge in [-0.1, -0.05) is 42.5 Å². The maximum absolute atomic E-state index is 6.47. The van der Waals surface area contributed by atoms with Gasteiger partial charge in [0.25, 0.3) is 0 Å². The van der Waals surface area contributed by atoms with E-state index < -0.39 is 0 Å². The van der Waals surface area contributed by atoms with Crippen LogP contribution in [-0.2, 0) is 0 Å². The molecule has 2 aromatic heterocycles. The Hall–Kier alpha value is -3.49. The fraction of sp³-hybridized carbons (Fsp3) is 0.433. The molecule has 0 radical (unpaired) electrons. The molecule has 38 heavy (non-hydrogen) atoms. The molecule has 1 aromatic carbocycles. The van der Waals surface area contributed by atoms with Crippen LogP contribution in [0.15, 0.2) is 65.9 Å². The zero-order valence-corrected chi connectivity index (χ0v) is 22.2. The minimum Gasteiger partial charge on any atom is -0.382 e. The van der Waals surface area contributed by atoms with E-state index in [2.05, 4.69) is 86.6 Å². The molecule has 0 spiro atoms. The predicted octanol–water partition coefficient (Wildman–Crippen LogP) is 3.28. The summed E-state index contributed by atoms with van der Waals surface area (Å²) in [5.74, 6) is 3.14. The summed E-state index contributed by atoms with van der Waals surface area (Å²) >= 11 is 0. The Morgan fingerprint density at radius 3 is 2.61 bits per heavy atom. The Morgan fingerprint density at radius 1 is 1.05 bits per heavy atom. The largest absolute Gasteiger partial charge is 0.382 e. The van der Waals surface area contributed by atoms with Crippen LogP contribution in [0.25, 0.3) is 11.1 Å². The van der Waals surface area contributed by atoms with Crippen LogP contribution < -0.4 is 5.73 Å². The van der Waals surface area contributed by atoms with Gasteiger partial charge in [-0.2, -0.15) is 0 Å². The first-order valence-electron chi connectivity index (χ1n) is 14.0. The minimum atomic E-state index is 0.0496. The van der Waals surface area contributed by atoms with Gasteiger partial charge in [-0.05, 0) is 32.9 Å². The van der Waals surface area contributed by atoms with Crippen molar-refractivity contribution < 1.29 is 0 Å². The summed E-state index contributed by atoms with van der Waals surface area (Å²) in [7, 11) is 2.22. The van der Waals surface area contributed by atoms with E-state index in [9.17, 15) is 0 Å². The Kier molecular flexibility index (Phi) is 5.82. The number of fused-ring (bicyclic) bond motifs is 2. The van der Waals surface area contributed by atoms with Crippen LogP contribution in [0, 0.1) is 0 Å². The molecule has 7 rings (SSSR count). The summed E-state index contributed by atoms with van der Waals surface area (Å²) in [4.78, 5) is 22.3. The maximum Gasteiger partial charge on any atom is 0.150 e. The number of piperazine rings is 1. The number of aromatic nitrogens is 3. The number of hydrogen-bond donors (Lipinski definition) is 1. The van der Waals surface area contributed by atoms with Crippen molar-refractivity contribution in [3.05, 3.63) is 78.0 Å². The second kappa shape index (κ2) is 9.36. The molecule has 8 nitrogen and oxygen atoms in total. The van der Waals surface area contributed by atoms with Crippen LogP contribution in [0.4, 0.5) is 5.82 Å². The molecule has 0 bridgehead atoms. The molecule has 2 fully saturated rings. The highest BCUT2D eigenvalue weighted by Gasteiger charge is 2.39. The number of nitrogens with zero attached hydrogens (tertiary/aromatic N) is 7. The molecule has 4 heterocycles. The second-order valence-electron chi connectivity index (χ2n) is 11.1. The third kappa shape index (κ3) is 3.85. The summed E-state index contributed by atoms with van der Waals surface area (Å²) in [5, 5.41) is 0. The highest BCUT2D eigenvalue weighted by molar-refractivity contribution is 6.01. The number of amidine groups is 1. The van der Waals surface area contributed by atoms with Gasteiger partial charge in [-0.25, -0.2) is 9.97 Å². The Labute approximate surface area is 224 Å². The van der Waals surface area contributed by atoms with Crippen LogP contribution in [0.1, 0.15) is 42.8 Å². The van der Waals surface area contributed by atoms with E-state index in [0.29, 0.717) is 17.8 Å². The Morgan fingerprint density at radius 2 is 1.84 bits per heavy atom. The smallest absolute Gasteiger partial charge is 0.150 e. The zero-order valence-electron chi connectivity index (χ0n) is 22.2. The van der Waals surface area contributed by atoms with Gasteiger partial charge in [0.2, 0.25) is 0 Å². The van der Waals surface area contributed by atoms with Crippen LogP contribution >= 0.6 is 0 Å². The van der Waals surface area contributed by atoms with Crippen LogP contribution in [0.2, 0.25) is 0 Å². The lowest BCUT2D eigenvalue weighted by atomic mass is 9.78. The lowest BCUT2D eigenvalue weighted by molar-refractivity contribution is 0.0586. The van der Waals surface area contributed by atoms with Crippen molar-refractivity contribution in [1.29, 1.82) is 0 Å². The van der Waals surface area contributed by atoms with E-state index in [1.807, 2.05) is 6.20 Å². The number of imidazole rings is 1. The molecule has 2 aliphatic heterocycles. The van der Waals surface area contributed by atoms with E-state index in [1.54, 1.807) is 6.20 Å². The topological polar surface area (TPSA) is 78.3 Å². The Bertz CT molecular complexity index is 1420. The summed E-state index contributed by atoms with van der Waals surface area (Å²) in [6.07, 6.45) is 12.9. The van der Waals surface area contributed by atoms with Crippen LogP contribution in [-0.4, -0.2) is 92.8 Å². The average Bonchev–Trinajstić information content (AvgIpc) is 3.48. The van der Waals surface area contributed by atoms with Crippen LogP contribution in [0.5, 0.6) is 0 Å². The number of likely N-dealkylation sites (N-methyl/N-ethyl adjacent to an activating group) is 2. The number of nitrogens with two attached hydrogens (primary N) is 1. The zero-order chi connectivity index (χ0) is 25.8. The van der Waals surface area contributed by atoms with E-state index in [-0.39, 0.29) is 12.1 Å². The van der Waals surface area contributed by atoms with Gasteiger partial charge < -0.3 is 15.5 Å². The molecular weight excluding hydrogens is 472 g/mol. The number of benzene rings is 1. The normalized spacial score (nSPS) is 27.8. The average molecular weight is 509 g/mol. The third-order valence-corrected chi connectivity index (χ3v) is 8.87. The van der Waals surface area contributed by atoms with Gasteiger partial charge in [0, 0.05) is 68.2 Å². The SMILES string of the molecule is CCN1C(c2ccccc2)=NC2C=C(c3nc([C@H]4C[C@@H](N5CCN(C)CC5)C4)n4ccnc(N)c34)C=CC21. The van der Waals surface area contributed by atoms with Crippen molar-refractivity contribution in [2.45, 2.75) is 43.8 Å². The maximum atomic E-state index is 6.47. The minimum absolute atomic E-state index is 0.0496. The lowest BCUT2D eigenvalue weighted by Crippen LogP contribution is -2.52.